The van der Waals surface area contributed by atoms with E-state index in [0.717, 1.165) is 17.0 Å². The van der Waals surface area contributed by atoms with Crippen LogP contribution in [0.5, 0.6) is 0 Å². The normalized spacial score (nSPS) is 16.2. The molecule has 0 spiro atoms. The van der Waals surface area contributed by atoms with Crippen molar-refractivity contribution in [3.63, 3.8) is 0 Å². The number of amides is 3. The van der Waals surface area contributed by atoms with Gasteiger partial charge in [0.05, 0.1) is 17.9 Å². The van der Waals surface area contributed by atoms with Gasteiger partial charge >= 0.3 is 6.18 Å². The average molecular weight is 402 g/mol. The molecule has 0 radical (unpaired) electrons. The van der Waals surface area contributed by atoms with Crippen molar-refractivity contribution in [1.29, 1.82) is 0 Å². The zero-order valence-electron chi connectivity index (χ0n) is 15.4. The van der Waals surface area contributed by atoms with E-state index in [4.69, 9.17) is 10.5 Å². The zero-order chi connectivity index (χ0) is 21.1. The van der Waals surface area contributed by atoms with Crippen LogP contribution < -0.4 is 16.0 Å². The number of benzene rings is 1. The van der Waals surface area contributed by atoms with Crippen molar-refractivity contribution in [3.8, 4) is 0 Å². The van der Waals surface area contributed by atoms with E-state index in [2.05, 4.69) is 5.32 Å². The molecule has 0 aromatic heterocycles. The average Bonchev–Trinajstić information content (AvgIpc) is 2.61. The fourth-order valence-electron chi connectivity index (χ4n) is 2.79. The molecule has 1 aliphatic rings. The second-order valence-corrected chi connectivity index (χ2v) is 6.20. The van der Waals surface area contributed by atoms with Gasteiger partial charge in [-0.3, -0.25) is 19.3 Å². The van der Waals surface area contributed by atoms with Crippen LogP contribution in [0.4, 0.5) is 24.5 Å². The van der Waals surface area contributed by atoms with E-state index in [1.54, 1.807) is 6.92 Å². The summed E-state index contributed by atoms with van der Waals surface area (Å²) in [6.07, 6.45) is -4.77. The Morgan fingerprint density at radius 3 is 2.61 bits per heavy atom. The minimum absolute atomic E-state index is 0.0152. The zero-order valence-corrected chi connectivity index (χ0v) is 15.4. The first-order valence-corrected chi connectivity index (χ1v) is 8.46. The molecule has 1 saturated heterocycles. The van der Waals surface area contributed by atoms with Crippen LogP contribution in [0.3, 0.4) is 0 Å². The minimum atomic E-state index is -4.77. The first kappa shape index (κ1) is 21.6. The summed E-state index contributed by atoms with van der Waals surface area (Å²) in [4.78, 5) is 38.2. The van der Waals surface area contributed by atoms with Crippen molar-refractivity contribution in [3.05, 3.63) is 23.8 Å². The van der Waals surface area contributed by atoms with E-state index in [1.807, 2.05) is 0 Å². The number of nitrogens with zero attached hydrogens (tertiary/aromatic N) is 2. The van der Waals surface area contributed by atoms with Gasteiger partial charge in [0.15, 0.2) is 6.04 Å². The molecule has 0 bridgehead atoms. The lowest BCUT2D eigenvalue weighted by atomic mass is 10.1. The van der Waals surface area contributed by atoms with Crippen molar-refractivity contribution in [2.45, 2.75) is 19.1 Å². The second-order valence-electron chi connectivity index (χ2n) is 6.20. The number of nitrogens with two attached hydrogens (primary N) is 1. The van der Waals surface area contributed by atoms with Crippen molar-refractivity contribution < 1.29 is 32.3 Å². The number of hydrogen-bond acceptors (Lipinski definition) is 5. The maximum absolute atomic E-state index is 13.6. The highest BCUT2D eigenvalue weighted by Gasteiger charge is 2.37. The van der Waals surface area contributed by atoms with Crippen LogP contribution in [0.2, 0.25) is 0 Å². The third-order valence-electron chi connectivity index (χ3n) is 4.30. The summed E-state index contributed by atoms with van der Waals surface area (Å²) in [5, 5.41) is 2.28. The van der Waals surface area contributed by atoms with Gasteiger partial charge in [-0.1, -0.05) is 6.92 Å². The molecule has 1 heterocycles. The maximum atomic E-state index is 13.6. The quantitative estimate of drug-likeness (QED) is 0.686. The Morgan fingerprint density at radius 1 is 1.39 bits per heavy atom. The van der Waals surface area contributed by atoms with E-state index in [1.165, 1.54) is 18.0 Å². The molecule has 154 valence electrons. The van der Waals surface area contributed by atoms with E-state index in [9.17, 15) is 27.6 Å². The highest BCUT2D eigenvalue weighted by Crippen LogP contribution is 2.38. The van der Waals surface area contributed by atoms with Crippen molar-refractivity contribution >= 4 is 29.1 Å². The molecule has 3 amide bonds. The van der Waals surface area contributed by atoms with E-state index in [0.29, 0.717) is 6.54 Å². The summed E-state index contributed by atoms with van der Waals surface area (Å²) in [6.45, 7) is 1.81. The molecule has 0 unspecified atom stereocenters. The molecule has 1 aromatic rings. The Bertz CT molecular complexity index is 769. The Balaban J connectivity index is 2.35. The summed E-state index contributed by atoms with van der Waals surface area (Å²) in [6, 6.07) is 1.72. The predicted molar refractivity (Wildman–Crippen MR) is 94.5 cm³/mol. The summed E-state index contributed by atoms with van der Waals surface area (Å²) >= 11 is 0. The number of nitrogens with one attached hydrogen (secondary N) is 1. The van der Waals surface area contributed by atoms with Gasteiger partial charge in [-0.15, -0.1) is 0 Å². The van der Waals surface area contributed by atoms with Crippen molar-refractivity contribution in [2.24, 2.45) is 5.73 Å². The summed E-state index contributed by atoms with van der Waals surface area (Å²) in [5.41, 5.74) is 3.65. The first-order chi connectivity index (χ1) is 13.1. The number of alkyl halides is 3. The third kappa shape index (κ3) is 4.78. The highest BCUT2D eigenvalue weighted by molar-refractivity contribution is 6.09. The van der Waals surface area contributed by atoms with Crippen LogP contribution in [0.15, 0.2) is 18.2 Å². The number of morpholine rings is 1. The van der Waals surface area contributed by atoms with Gasteiger partial charge in [0, 0.05) is 12.2 Å². The number of anilines is 2. The van der Waals surface area contributed by atoms with Crippen LogP contribution in [0.1, 0.15) is 12.5 Å². The number of likely N-dealkylation sites (N-methyl/N-ethyl adjacent to an activating group) is 1. The molecular weight excluding hydrogens is 381 g/mol. The van der Waals surface area contributed by atoms with Crippen LogP contribution in [0, 0.1) is 0 Å². The second kappa shape index (κ2) is 8.57. The van der Waals surface area contributed by atoms with Crippen LogP contribution in [-0.4, -0.2) is 62.0 Å². The predicted octanol–water partition coefficient (Wildman–Crippen LogP) is 0.813. The molecule has 11 heteroatoms. The monoisotopic (exact) mass is 402 g/mol. The van der Waals surface area contributed by atoms with Gasteiger partial charge < -0.3 is 20.7 Å². The molecular formula is C17H21F3N4O4. The maximum Gasteiger partial charge on any atom is 0.418 e. The van der Waals surface area contributed by atoms with Crippen molar-refractivity contribution in [2.75, 3.05) is 43.6 Å². The number of ether oxygens (including phenoxy) is 1. The summed E-state index contributed by atoms with van der Waals surface area (Å²) in [5.74, 6) is -2.36. The van der Waals surface area contributed by atoms with Gasteiger partial charge in [0.2, 0.25) is 5.91 Å². The van der Waals surface area contributed by atoms with Gasteiger partial charge in [0.25, 0.3) is 11.8 Å². The van der Waals surface area contributed by atoms with E-state index >= 15 is 0 Å². The SMILES string of the molecule is CCN(C)[C@H](C(N)=O)C(=O)Nc1ccc(N2CCOCC2=O)c(C(F)(F)F)c1. The first-order valence-electron chi connectivity index (χ1n) is 8.46. The number of carbonyl (C=O) groups excluding carboxylic acids is 3. The molecule has 28 heavy (non-hydrogen) atoms. The van der Waals surface area contributed by atoms with Crippen LogP contribution in [-0.2, 0) is 25.3 Å². The fourth-order valence-corrected chi connectivity index (χ4v) is 2.79. The topological polar surface area (TPSA) is 105 Å². The lowest BCUT2D eigenvalue weighted by molar-refractivity contribution is -0.137. The van der Waals surface area contributed by atoms with Gasteiger partial charge in [0.1, 0.15) is 6.61 Å². The fraction of sp³-hybridized carbons (Fsp3) is 0.471. The molecule has 1 atom stereocenters. The van der Waals surface area contributed by atoms with Gasteiger partial charge in [-0.2, -0.15) is 13.2 Å². The van der Waals surface area contributed by atoms with Crippen LogP contribution >= 0.6 is 0 Å². The molecule has 1 aromatic carbocycles. The highest BCUT2D eigenvalue weighted by atomic mass is 19.4. The number of primary amides is 1. The Kier molecular flexibility index (Phi) is 6.62. The molecule has 1 fully saturated rings. The van der Waals surface area contributed by atoms with E-state index in [-0.39, 0.29) is 31.1 Å². The summed E-state index contributed by atoms with van der Waals surface area (Å²) in [7, 11) is 1.49. The van der Waals surface area contributed by atoms with E-state index < -0.39 is 35.5 Å². The van der Waals surface area contributed by atoms with Gasteiger partial charge in [-0.25, -0.2) is 0 Å². The smallest absolute Gasteiger partial charge is 0.370 e. The summed E-state index contributed by atoms with van der Waals surface area (Å²) < 4.78 is 45.6. The molecule has 1 aliphatic heterocycles. The number of rotatable bonds is 6. The molecule has 8 nitrogen and oxygen atoms in total. The number of hydrogen-bond donors (Lipinski definition) is 2. The minimum Gasteiger partial charge on any atom is -0.370 e. The molecule has 0 saturated carbocycles. The number of carbonyl (C=O) groups is 3. The molecule has 3 N–H and O–H groups in total. The van der Waals surface area contributed by atoms with Gasteiger partial charge in [-0.05, 0) is 31.8 Å². The third-order valence-corrected chi connectivity index (χ3v) is 4.30. The van der Waals surface area contributed by atoms with Crippen LogP contribution in [0.25, 0.3) is 0 Å². The molecule has 0 aliphatic carbocycles. The van der Waals surface area contributed by atoms with Crippen molar-refractivity contribution in [1.82, 2.24) is 4.90 Å². The number of halogens is 3. The lowest BCUT2D eigenvalue weighted by Crippen LogP contribution is -2.50. The Morgan fingerprint density at radius 2 is 2.07 bits per heavy atom. The largest absolute Gasteiger partial charge is 0.418 e. The standard InChI is InChI=1S/C17H21F3N4O4/c1-3-23(2)14(15(21)26)16(27)22-10-4-5-12(11(8-10)17(18,19)20)24-6-7-28-9-13(24)25/h4-5,8,14H,3,6-7,9H2,1-2H3,(H2,21,26)(H,22,27)/t14-/m1/s1. The Hall–Kier alpha value is -2.66. The Labute approximate surface area is 159 Å². The lowest BCUT2D eigenvalue weighted by Gasteiger charge is -2.29. The molecule has 2 rings (SSSR count).